The van der Waals surface area contributed by atoms with Crippen LogP contribution in [0, 0.1) is 0 Å². The van der Waals surface area contributed by atoms with Gasteiger partial charge in [0.15, 0.2) is 0 Å². The molecule has 3 nitrogen and oxygen atoms in total. The molecule has 0 saturated heterocycles. The molecule has 0 bridgehead atoms. The molecule has 1 atom stereocenters. The number of azo groups is 1. The second-order valence-electron chi connectivity index (χ2n) is 0.962. The number of thiol groups is 1. The molecule has 1 aliphatic rings. The summed E-state index contributed by atoms with van der Waals surface area (Å²) in [7, 11) is 0. The minimum absolute atomic E-state index is 0.773. The fourth-order valence-corrected chi connectivity index (χ4v) is 0.490. The van der Waals surface area contributed by atoms with E-state index in [1.807, 2.05) is 0 Å². The van der Waals surface area contributed by atoms with Gasteiger partial charge in [-0.1, -0.05) is 0 Å². The predicted octanol–water partition coefficient (Wildman–Crippen LogP) is 0.568. The third-order valence-electron chi connectivity index (χ3n) is 0.441. The Kier molecular flexibility index (Phi) is 1.34. The standard InChI is InChI=1S/C2H2N3S.Ag/c6-2-3-1-4-5-2;/h1,6H;. The molecule has 42 valence electrons. The van der Waals surface area contributed by atoms with E-state index < -0.39 is 3.21 Å². The van der Waals surface area contributed by atoms with Gasteiger partial charge in [-0.15, -0.1) is 0 Å². The Morgan fingerprint density at radius 1 is 1.71 bits per heavy atom. The molecule has 1 heterocycles. The molecule has 7 heavy (non-hydrogen) atoms. The number of aliphatic imine (C=N–C) groups is 1. The zero-order valence-corrected chi connectivity index (χ0v) is 5.54. The van der Waals surface area contributed by atoms with Crippen molar-refractivity contribution in [1.82, 2.24) is 0 Å². The van der Waals surface area contributed by atoms with Gasteiger partial charge in [0, 0.05) is 0 Å². The average Bonchev–Trinajstić information content (AvgIpc) is 1.84. The molecule has 0 radical (unpaired) electrons. The predicted molar refractivity (Wildman–Crippen MR) is 25.1 cm³/mol. The van der Waals surface area contributed by atoms with Crippen LogP contribution < -0.4 is 0 Å². The fraction of sp³-hybridized carbons (Fsp3) is 0.500. The first kappa shape index (κ1) is 5.50. The van der Waals surface area contributed by atoms with Gasteiger partial charge in [0.2, 0.25) is 0 Å². The first-order valence-electron chi connectivity index (χ1n) is 1.54. The summed E-state index contributed by atoms with van der Waals surface area (Å²) in [4.78, 5) is 3.69. The van der Waals surface area contributed by atoms with E-state index >= 15 is 0 Å². The maximum absolute atomic E-state index is 3.91. The average molecular weight is 208 g/mol. The van der Waals surface area contributed by atoms with Gasteiger partial charge in [-0.05, 0) is 0 Å². The van der Waals surface area contributed by atoms with Crippen LogP contribution in [0.25, 0.3) is 0 Å². The van der Waals surface area contributed by atoms with Gasteiger partial charge < -0.3 is 0 Å². The van der Waals surface area contributed by atoms with Crippen molar-refractivity contribution in [3.05, 3.63) is 0 Å². The second kappa shape index (κ2) is 1.70. The molecule has 0 aliphatic carbocycles. The Morgan fingerprint density at radius 2 is 2.43 bits per heavy atom. The van der Waals surface area contributed by atoms with E-state index in [0.29, 0.717) is 0 Å². The summed E-state index contributed by atoms with van der Waals surface area (Å²) < 4.78 is -0.773. The van der Waals surface area contributed by atoms with E-state index in [1.165, 1.54) is 6.34 Å². The van der Waals surface area contributed by atoms with Crippen molar-refractivity contribution in [1.29, 1.82) is 0 Å². The van der Waals surface area contributed by atoms with Crippen LogP contribution in [0.15, 0.2) is 15.2 Å². The van der Waals surface area contributed by atoms with Gasteiger partial charge in [0.1, 0.15) is 0 Å². The Hall–Kier alpha value is 0.360. The van der Waals surface area contributed by atoms with Crippen molar-refractivity contribution in [2.45, 2.75) is 3.21 Å². The third kappa shape index (κ3) is 1.38. The molecular formula is C2H2AgN3S. The van der Waals surface area contributed by atoms with E-state index in [9.17, 15) is 0 Å². The molecule has 1 aliphatic heterocycles. The maximum atomic E-state index is 3.91. The van der Waals surface area contributed by atoms with Crippen LogP contribution in [-0.4, -0.2) is 9.55 Å². The summed E-state index contributed by atoms with van der Waals surface area (Å²) in [6.07, 6.45) is 1.35. The zero-order valence-electron chi connectivity index (χ0n) is 3.17. The summed E-state index contributed by atoms with van der Waals surface area (Å²) in [5, 5.41) is 7.00. The Labute approximate surface area is 58.6 Å². The van der Waals surface area contributed by atoms with Crippen LogP contribution in [0.3, 0.4) is 0 Å². The minimum atomic E-state index is -0.773. The fourth-order valence-electron chi connectivity index (χ4n) is 0.216. The molecule has 5 heteroatoms. The number of nitrogens with zero attached hydrogens (tertiary/aromatic N) is 3. The summed E-state index contributed by atoms with van der Waals surface area (Å²) >= 11 is 6.97. The van der Waals surface area contributed by atoms with Crippen molar-refractivity contribution >= 4 is 19.0 Å². The van der Waals surface area contributed by atoms with Crippen molar-refractivity contribution in [3.8, 4) is 0 Å². The first-order valence-corrected chi connectivity index (χ1v) is 2.73. The Bertz CT molecular complexity index is 115. The Morgan fingerprint density at radius 3 is 2.57 bits per heavy atom. The van der Waals surface area contributed by atoms with Crippen molar-refractivity contribution < 1.29 is 21.1 Å². The monoisotopic (exact) mass is 207 g/mol. The van der Waals surface area contributed by atoms with Crippen LogP contribution >= 0.6 is 12.6 Å². The van der Waals surface area contributed by atoms with E-state index in [4.69, 9.17) is 0 Å². The van der Waals surface area contributed by atoms with Gasteiger partial charge in [-0.3, -0.25) is 0 Å². The van der Waals surface area contributed by atoms with Crippen LogP contribution in [0.2, 0.25) is 0 Å². The molecule has 0 saturated carbocycles. The zero-order chi connectivity index (χ0) is 5.33. The SMILES string of the molecule is S[C]1([Ag])N=CN=N1. The van der Waals surface area contributed by atoms with Crippen molar-refractivity contribution in [3.63, 3.8) is 0 Å². The number of rotatable bonds is 0. The van der Waals surface area contributed by atoms with Gasteiger partial charge in [-0.2, -0.15) is 0 Å². The van der Waals surface area contributed by atoms with Gasteiger partial charge in [0.05, 0.1) is 0 Å². The molecule has 0 aromatic rings. The normalized spacial score (nSPS) is 37.6. The molecule has 0 aromatic heterocycles. The second-order valence-corrected chi connectivity index (χ2v) is 3.15. The molecule has 0 spiro atoms. The molecule has 0 fully saturated rings. The topological polar surface area (TPSA) is 37.1 Å². The van der Waals surface area contributed by atoms with E-state index in [-0.39, 0.29) is 0 Å². The van der Waals surface area contributed by atoms with Crippen molar-refractivity contribution in [2.24, 2.45) is 15.2 Å². The van der Waals surface area contributed by atoms with Crippen LogP contribution in [0.4, 0.5) is 0 Å². The van der Waals surface area contributed by atoms with Crippen LogP contribution in [-0.2, 0) is 21.1 Å². The van der Waals surface area contributed by atoms with E-state index in [2.05, 4.69) is 48.9 Å². The first-order chi connectivity index (χ1) is 3.21. The van der Waals surface area contributed by atoms with E-state index in [1.54, 1.807) is 0 Å². The van der Waals surface area contributed by atoms with Gasteiger partial charge in [-0.25, -0.2) is 0 Å². The van der Waals surface area contributed by atoms with Crippen LogP contribution in [0.5, 0.6) is 0 Å². The molecule has 0 N–H and O–H groups in total. The molecule has 0 amide bonds. The van der Waals surface area contributed by atoms with Gasteiger partial charge in [0.25, 0.3) is 0 Å². The molecule has 0 aromatic carbocycles. The summed E-state index contributed by atoms with van der Waals surface area (Å²) in [6.45, 7) is 0. The van der Waals surface area contributed by atoms with Gasteiger partial charge >= 0.3 is 58.5 Å². The third-order valence-corrected chi connectivity index (χ3v) is 0.986. The molecule has 1 unspecified atom stereocenters. The van der Waals surface area contributed by atoms with Crippen LogP contribution in [0.1, 0.15) is 0 Å². The number of hydrogen-bond donors (Lipinski definition) is 1. The summed E-state index contributed by atoms with van der Waals surface area (Å²) in [5.41, 5.74) is 0. The summed E-state index contributed by atoms with van der Waals surface area (Å²) in [6, 6.07) is 0. The van der Waals surface area contributed by atoms with E-state index in [0.717, 1.165) is 0 Å². The molecule has 1 rings (SSSR count). The molecular weight excluding hydrogens is 206 g/mol. The quantitative estimate of drug-likeness (QED) is 0.446. The Balaban J connectivity index is 2.77. The number of hydrogen-bond acceptors (Lipinski definition) is 4. The van der Waals surface area contributed by atoms with Crippen molar-refractivity contribution in [2.75, 3.05) is 0 Å². The summed E-state index contributed by atoms with van der Waals surface area (Å²) in [5.74, 6) is 0.